The van der Waals surface area contributed by atoms with E-state index in [1.54, 1.807) is 94.1 Å². The molecular weight excluding hydrogens is 948 g/mol. The average Bonchev–Trinajstić information content (AvgIpc) is 4.18. The normalized spacial score (nSPS) is 11.3. The monoisotopic (exact) mass is 981 g/mol. The van der Waals surface area contributed by atoms with Crippen LogP contribution in [0.15, 0.2) is 206 Å². The van der Waals surface area contributed by atoms with E-state index < -0.39 is 11.7 Å². The molecule has 0 fully saturated rings. The van der Waals surface area contributed by atoms with Crippen molar-refractivity contribution in [3.63, 3.8) is 0 Å². The van der Waals surface area contributed by atoms with Crippen molar-refractivity contribution in [3.05, 3.63) is 240 Å². The summed E-state index contributed by atoms with van der Waals surface area (Å²) in [6.45, 7) is 0. The number of alkyl halides is 3. The van der Waals surface area contributed by atoms with Crippen LogP contribution in [0.4, 0.5) is 13.2 Å². The molecular formula is C66H34F3N7. The second-order valence-corrected chi connectivity index (χ2v) is 18.4. The number of nitriles is 5. The third-order valence-electron chi connectivity index (χ3n) is 14.1. The molecule has 0 saturated carbocycles. The van der Waals surface area contributed by atoms with Gasteiger partial charge in [0, 0.05) is 21.5 Å². The molecule has 354 valence electrons. The molecule has 0 aliphatic rings. The molecule has 0 aliphatic heterocycles. The third-order valence-corrected chi connectivity index (χ3v) is 14.1. The van der Waals surface area contributed by atoms with Crippen molar-refractivity contribution in [3.8, 4) is 97.4 Å². The lowest BCUT2D eigenvalue weighted by Crippen LogP contribution is -2.16. The summed E-state index contributed by atoms with van der Waals surface area (Å²) in [7, 11) is 0. The Balaban J connectivity index is 1.19. The van der Waals surface area contributed by atoms with Gasteiger partial charge in [-0.05, 0) is 177 Å². The molecule has 2 aromatic heterocycles. The van der Waals surface area contributed by atoms with Crippen LogP contribution in [-0.4, -0.2) is 9.13 Å². The zero-order valence-corrected chi connectivity index (χ0v) is 39.9. The fraction of sp³-hybridized carbons (Fsp3) is 0.0152. The molecule has 7 nitrogen and oxygen atoms in total. The van der Waals surface area contributed by atoms with Crippen molar-refractivity contribution in [2.24, 2.45) is 0 Å². The summed E-state index contributed by atoms with van der Waals surface area (Å²) in [5.41, 5.74) is 10.6. The molecule has 0 aliphatic carbocycles. The summed E-state index contributed by atoms with van der Waals surface area (Å²) in [5, 5.41) is 51.1. The maximum absolute atomic E-state index is 17.0. The molecule has 12 aromatic rings. The van der Waals surface area contributed by atoms with E-state index in [0.29, 0.717) is 82.6 Å². The molecule has 0 saturated heterocycles. The summed E-state index contributed by atoms with van der Waals surface area (Å²) >= 11 is 0. The minimum Gasteiger partial charge on any atom is -0.309 e. The molecule has 0 radical (unpaired) electrons. The Hall–Kier alpha value is -11.0. The lowest BCUT2D eigenvalue weighted by molar-refractivity contribution is -0.137. The van der Waals surface area contributed by atoms with Gasteiger partial charge in [0.05, 0.1) is 91.6 Å². The fourth-order valence-electron chi connectivity index (χ4n) is 10.4. The molecule has 2 heterocycles. The van der Waals surface area contributed by atoms with E-state index in [-0.39, 0.29) is 11.4 Å². The molecule has 0 spiro atoms. The third kappa shape index (κ3) is 7.92. The van der Waals surface area contributed by atoms with Crippen molar-refractivity contribution in [1.29, 1.82) is 26.3 Å². The Morgan fingerprint density at radius 2 is 0.553 bits per heavy atom. The molecule has 0 N–H and O–H groups in total. The van der Waals surface area contributed by atoms with Gasteiger partial charge >= 0.3 is 6.18 Å². The predicted octanol–water partition coefficient (Wildman–Crippen LogP) is 16.6. The summed E-state index contributed by atoms with van der Waals surface area (Å²) in [6.07, 6.45) is -4.96. The zero-order valence-electron chi connectivity index (χ0n) is 39.9. The van der Waals surface area contributed by atoms with Crippen LogP contribution in [-0.2, 0) is 6.18 Å². The number of aromatic nitrogens is 2. The van der Waals surface area contributed by atoms with E-state index >= 15 is 13.2 Å². The molecule has 0 atom stereocenters. The average molecular weight is 982 g/mol. The topological polar surface area (TPSA) is 129 Å². The van der Waals surface area contributed by atoms with Crippen molar-refractivity contribution >= 4 is 43.6 Å². The number of hydrogen-bond acceptors (Lipinski definition) is 5. The minimum atomic E-state index is -4.96. The van der Waals surface area contributed by atoms with Gasteiger partial charge in [-0.15, -0.1) is 0 Å². The summed E-state index contributed by atoms with van der Waals surface area (Å²) in [5.74, 6) is 0. The first-order valence-electron chi connectivity index (χ1n) is 24.0. The van der Waals surface area contributed by atoms with Gasteiger partial charge in [0.1, 0.15) is 5.56 Å². The Bertz CT molecular complexity index is 4100. The van der Waals surface area contributed by atoms with Crippen molar-refractivity contribution in [1.82, 2.24) is 9.13 Å². The van der Waals surface area contributed by atoms with Crippen molar-refractivity contribution in [2.45, 2.75) is 6.18 Å². The van der Waals surface area contributed by atoms with Crippen molar-refractivity contribution in [2.75, 3.05) is 0 Å². The van der Waals surface area contributed by atoms with Crippen LogP contribution in [0.2, 0.25) is 0 Å². The number of nitrogens with zero attached hydrogens (tertiary/aromatic N) is 7. The smallest absolute Gasteiger partial charge is 0.309 e. The Labute approximate surface area is 433 Å². The highest BCUT2D eigenvalue weighted by molar-refractivity contribution is 6.14. The quantitative estimate of drug-likeness (QED) is 0.157. The summed E-state index contributed by atoms with van der Waals surface area (Å²) < 4.78 is 54.3. The van der Waals surface area contributed by atoms with Crippen LogP contribution in [0.25, 0.3) is 111 Å². The summed E-state index contributed by atoms with van der Waals surface area (Å²) in [6, 6.07) is 72.1. The highest BCUT2D eigenvalue weighted by Crippen LogP contribution is 2.48. The summed E-state index contributed by atoms with van der Waals surface area (Å²) in [4.78, 5) is 0. The van der Waals surface area contributed by atoms with Gasteiger partial charge in [-0.3, -0.25) is 0 Å². The minimum absolute atomic E-state index is 0.141. The Morgan fingerprint density at radius 3 is 0.829 bits per heavy atom. The molecule has 12 rings (SSSR count). The van der Waals surface area contributed by atoms with Gasteiger partial charge < -0.3 is 9.13 Å². The van der Waals surface area contributed by atoms with Gasteiger partial charge in [-0.1, -0.05) is 84.9 Å². The highest BCUT2D eigenvalue weighted by Gasteiger charge is 2.40. The first-order valence-corrected chi connectivity index (χ1v) is 24.0. The van der Waals surface area contributed by atoms with Crippen LogP contribution in [0.3, 0.4) is 0 Å². The van der Waals surface area contributed by atoms with Crippen LogP contribution in [0.5, 0.6) is 0 Å². The molecule has 0 amide bonds. The van der Waals surface area contributed by atoms with E-state index in [0.717, 1.165) is 44.5 Å². The lowest BCUT2D eigenvalue weighted by Gasteiger charge is -2.23. The first-order chi connectivity index (χ1) is 37.0. The number of halogens is 3. The van der Waals surface area contributed by atoms with Crippen LogP contribution >= 0.6 is 0 Å². The fourth-order valence-corrected chi connectivity index (χ4v) is 10.4. The number of fused-ring (bicyclic) bond motifs is 6. The maximum atomic E-state index is 17.0. The standard InChI is InChI=1S/C66H34F3N7/c67-66(68,69)65-63(75-59-24-20-50(45-12-4-40(35-70)5-13-45)29-55(59)56-30-51(21-25-60(56)75)46-14-6-41(36-71)7-15-46)33-54(49-3-1-2-44(28-49)39-74)34-64(65)76-61-26-22-52(47-16-8-42(37-72)9-17-47)31-57(61)58-32-53(23-27-62(58)76)48-18-10-43(38-73)11-19-48/h1-34H. The Morgan fingerprint density at radius 1 is 0.276 bits per heavy atom. The van der Waals surface area contributed by atoms with Gasteiger partial charge in [-0.25, -0.2) is 0 Å². The van der Waals surface area contributed by atoms with E-state index in [1.165, 1.54) is 0 Å². The predicted molar refractivity (Wildman–Crippen MR) is 291 cm³/mol. The van der Waals surface area contributed by atoms with E-state index in [2.05, 4.69) is 30.3 Å². The number of hydrogen-bond donors (Lipinski definition) is 0. The molecule has 0 bridgehead atoms. The lowest BCUT2D eigenvalue weighted by atomic mass is 9.97. The molecule has 0 unspecified atom stereocenters. The second-order valence-electron chi connectivity index (χ2n) is 18.4. The van der Waals surface area contributed by atoms with E-state index in [4.69, 9.17) is 0 Å². The molecule has 76 heavy (non-hydrogen) atoms. The van der Waals surface area contributed by atoms with Crippen LogP contribution in [0.1, 0.15) is 33.4 Å². The van der Waals surface area contributed by atoms with Gasteiger partial charge in [0.2, 0.25) is 0 Å². The van der Waals surface area contributed by atoms with Crippen molar-refractivity contribution < 1.29 is 13.2 Å². The number of rotatable bonds is 7. The van der Waals surface area contributed by atoms with E-state index in [9.17, 15) is 26.3 Å². The Kier molecular flexibility index (Phi) is 11.1. The SMILES string of the molecule is N#Cc1ccc(-c2ccc3c(c2)c2cc(-c4ccc(C#N)cc4)ccc2n3-c2cc(-c3cccc(C#N)c3)cc(-n3c4ccc(-c5ccc(C#N)cc5)cc4c4cc(-c5ccc(C#N)cc5)ccc43)c2C(F)(F)F)cc1. The first kappa shape index (κ1) is 46.1. The molecule has 10 heteroatoms. The largest absolute Gasteiger partial charge is 0.420 e. The maximum Gasteiger partial charge on any atom is 0.420 e. The van der Waals surface area contributed by atoms with Gasteiger partial charge in [0.15, 0.2) is 0 Å². The molecule has 10 aromatic carbocycles. The van der Waals surface area contributed by atoms with Crippen LogP contribution in [0, 0.1) is 56.7 Å². The number of benzene rings is 10. The highest BCUT2D eigenvalue weighted by atomic mass is 19.4. The second kappa shape index (κ2) is 18.3. The zero-order chi connectivity index (χ0) is 52.2. The van der Waals surface area contributed by atoms with Crippen LogP contribution < -0.4 is 0 Å². The van der Waals surface area contributed by atoms with E-state index in [1.807, 2.05) is 121 Å². The van der Waals surface area contributed by atoms with Gasteiger partial charge in [0.25, 0.3) is 0 Å². The van der Waals surface area contributed by atoms with Gasteiger partial charge in [-0.2, -0.15) is 39.5 Å².